The summed E-state index contributed by atoms with van der Waals surface area (Å²) in [5, 5.41) is 14.2. The molecule has 2 aromatic rings. The van der Waals surface area contributed by atoms with Crippen LogP contribution in [0.3, 0.4) is 0 Å². The van der Waals surface area contributed by atoms with E-state index in [1.54, 1.807) is 0 Å². The van der Waals surface area contributed by atoms with E-state index in [-0.39, 0.29) is 6.10 Å². The van der Waals surface area contributed by atoms with Crippen molar-refractivity contribution in [2.75, 3.05) is 0 Å². The first-order valence-electron chi connectivity index (χ1n) is 7.80. The van der Waals surface area contributed by atoms with Crippen LogP contribution in [0.2, 0.25) is 0 Å². The van der Waals surface area contributed by atoms with Crippen LogP contribution in [0.15, 0.2) is 29.3 Å². The van der Waals surface area contributed by atoms with E-state index in [2.05, 4.69) is 40.5 Å². The SMILES string of the molecule is CCC1Oc2c(C)cccc2C2=C1CC(C)=C(c1nn[nH]n1)O2. The molecule has 0 radical (unpaired) electrons. The van der Waals surface area contributed by atoms with Crippen molar-refractivity contribution >= 4 is 11.5 Å². The van der Waals surface area contributed by atoms with Gasteiger partial charge >= 0.3 is 0 Å². The van der Waals surface area contributed by atoms with Gasteiger partial charge in [-0.3, -0.25) is 0 Å². The van der Waals surface area contributed by atoms with Crippen LogP contribution in [-0.2, 0) is 4.74 Å². The maximum Gasteiger partial charge on any atom is 0.239 e. The fraction of sp³-hybridized carbons (Fsp3) is 0.353. The molecule has 1 aromatic carbocycles. The number of nitrogens with zero attached hydrogens (tertiary/aromatic N) is 3. The van der Waals surface area contributed by atoms with Gasteiger partial charge in [-0.15, -0.1) is 10.2 Å². The molecule has 0 saturated heterocycles. The average molecular weight is 310 g/mol. The lowest BCUT2D eigenvalue weighted by atomic mass is 9.90. The topological polar surface area (TPSA) is 72.9 Å². The van der Waals surface area contributed by atoms with Gasteiger partial charge in [-0.1, -0.05) is 19.1 Å². The molecule has 1 unspecified atom stereocenters. The Hall–Kier alpha value is -2.63. The fourth-order valence-electron chi connectivity index (χ4n) is 3.21. The first-order chi connectivity index (χ1) is 11.2. The van der Waals surface area contributed by atoms with Gasteiger partial charge in [0.25, 0.3) is 0 Å². The standard InChI is InChI=1S/C17H18N4O2/c1-4-13-12-8-10(3)15(17-18-20-21-19-17)23-16(12)11-7-5-6-9(2)14(11)22-13/h5-7,13H,4,8H2,1-3H3,(H,18,19,20,21). The number of benzene rings is 1. The lowest BCUT2D eigenvalue weighted by Crippen LogP contribution is -2.27. The Bertz CT molecular complexity index is 821. The highest BCUT2D eigenvalue weighted by molar-refractivity contribution is 5.79. The Kier molecular flexibility index (Phi) is 3.18. The predicted molar refractivity (Wildman–Crippen MR) is 85.3 cm³/mol. The van der Waals surface area contributed by atoms with E-state index in [4.69, 9.17) is 9.47 Å². The number of fused-ring (bicyclic) bond motifs is 2. The van der Waals surface area contributed by atoms with Gasteiger partial charge in [0.2, 0.25) is 5.82 Å². The van der Waals surface area contributed by atoms with Crippen molar-refractivity contribution in [3.63, 3.8) is 0 Å². The number of para-hydroxylation sites is 1. The van der Waals surface area contributed by atoms with Gasteiger partial charge in [0, 0.05) is 12.0 Å². The van der Waals surface area contributed by atoms with Gasteiger partial charge in [-0.05, 0) is 42.7 Å². The smallest absolute Gasteiger partial charge is 0.239 e. The van der Waals surface area contributed by atoms with E-state index in [0.717, 1.165) is 41.1 Å². The van der Waals surface area contributed by atoms with Crippen molar-refractivity contribution in [1.82, 2.24) is 20.6 Å². The molecule has 1 aromatic heterocycles. The summed E-state index contributed by atoms with van der Waals surface area (Å²) in [6.45, 7) is 6.22. The zero-order valence-corrected chi connectivity index (χ0v) is 13.4. The molecule has 3 heterocycles. The molecule has 0 fully saturated rings. The van der Waals surface area contributed by atoms with Gasteiger partial charge < -0.3 is 9.47 Å². The molecular formula is C17H18N4O2. The highest BCUT2D eigenvalue weighted by Gasteiger charge is 2.34. The second-order valence-corrected chi connectivity index (χ2v) is 5.94. The maximum absolute atomic E-state index is 6.25. The highest BCUT2D eigenvalue weighted by Crippen LogP contribution is 2.46. The van der Waals surface area contributed by atoms with Crippen molar-refractivity contribution < 1.29 is 9.47 Å². The number of aromatic nitrogens is 4. The minimum atomic E-state index is 0.0420. The first kappa shape index (κ1) is 14.0. The third-order valence-electron chi connectivity index (χ3n) is 4.36. The number of aromatic amines is 1. The quantitative estimate of drug-likeness (QED) is 0.922. The molecule has 4 rings (SSSR count). The second-order valence-electron chi connectivity index (χ2n) is 5.94. The van der Waals surface area contributed by atoms with Crippen LogP contribution in [0, 0.1) is 6.92 Å². The summed E-state index contributed by atoms with van der Waals surface area (Å²) in [7, 11) is 0. The molecule has 2 aliphatic rings. The molecule has 1 N–H and O–H groups in total. The zero-order chi connectivity index (χ0) is 16.0. The summed E-state index contributed by atoms with van der Waals surface area (Å²) in [5.41, 5.74) is 4.39. The molecule has 1 atom stereocenters. The molecule has 0 bridgehead atoms. The first-order valence-corrected chi connectivity index (χ1v) is 7.80. The van der Waals surface area contributed by atoms with Crippen LogP contribution < -0.4 is 4.74 Å². The molecule has 0 aliphatic carbocycles. The van der Waals surface area contributed by atoms with Crippen molar-refractivity contribution in [2.24, 2.45) is 0 Å². The van der Waals surface area contributed by atoms with Crippen molar-refractivity contribution in [1.29, 1.82) is 0 Å². The maximum atomic E-state index is 6.25. The molecule has 2 aliphatic heterocycles. The van der Waals surface area contributed by atoms with Crippen molar-refractivity contribution in [3.8, 4) is 5.75 Å². The lowest BCUT2D eigenvalue weighted by Gasteiger charge is -2.34. The van der Waals surface area contributed by atoms with E-state index in [9.17, 15) is 0 Å². The van der Waals surface area contributed by atoms with Crippen molar-refractivity contribution in [3.05, 3.63) is 46.3 Å². The molecule has 23 heavy (non-hydrogen) atoms. The summed E-state index contributed by atoms with van der Waals surface area (Å²) >= 11 is 0. The number of H-pyrrole nitrogens is 1. The Morgan fingerprint density at radius 3 is 2.87 bits per heavy atom. The molecular weight excluding hydrogens is 292 g/mol. The third-order valence-corrected chi connectivity index (χ3v) is 4.36. The fourth-order valence-corrected chi connectivity index (χ4v) is 3.21. The summed E-state index contributed by atoms with van der Waals surface area (Å²) in [4.78, 5) is 0. The molecule has 0 amide bonds. The second kappa shape index (κ2) is 5.22. The number of ether oxygens (including phenoxy) is 2. The number of nitrogens with one attached hydrogen (secondary N) is 1. The number of hydrogen-bond acceptors (Lipinski definition) is 5. The molecule has 118 valence electrons. The molecule has 6 heteroatoms. The van der Waals surface area contributed by atoms with E-state index in [1.165, 1.54) is 5.57 Å². The highest BCUT2D eigenvalue weighted by atomic mass is 16.5. The van der Waals surface area contributed by atoms with Gasteiger partial charge in [-0.2, -0.15) is 5.21 Å². The van der Waals surface area contributed by atoms with Crippen LogP contribution in [0.4, 0.5) is 0 Å². The van der Waals surface area contributed by atoms with Crippen LogP contribution >= 0.6 is 0 Å². The minimum Gasteiger partial charge on any atom is -0.485 e. The average Bonchev–Trinajstić information content (AvgIpc) is 3.08. The van der Waals surface area contributed by atoms with Crippen LogP contribution in [0.1, 0.15) is 43.6 Å². The third kappa shape index (κ3) is 2.13. The number of aryl methyl sites for hydroxylation is 1. The predicted octanol–water partition coefficient (Wildman–Crippen LogP) is 3.24. The van der Waals surface area contributed by atoms with E-state index in [1.807, 2.05) is 19.1 Å². The Balaban J connectivity index is 1.84. The number of hydrogen-bond donors (Lipinski definition) is 1. The summed E-state index contributed by atoms with van der Waals surface area (Å²) < 4.78 is 12.5. The largest absolute Gasteiger partial charge is 0.485 e. The van der Waals surface area contributed by atoms with Crippen molar-refractivity contribution in [2.45, 2.75) is 39.7 Å². The summed E-state index contributed by atoms with van der Waals surface area (Å²) in [6.07, 6.45) is 1.74. The lowest BCUT2D eigenvalue weighted by molar-refractivity contribution is 0.213. The number of tetrazole rings is 1. The Morgan fingerprint density at radius 1 is 1.26 bits per heavy atom. The van der Waals surface area contributed by atoms with Gasteiger partial charge in [-0.25, -0.2) is 0 Å². The van der Waals surface area contributed by atoms with Gasteiger partial charge in [0.05, 0.1) is 5.56 Å². The van der Waals surface area contributed by atoms with Crippen LogP contribution in [0.25, 0.3) is 11.5 Å². The Labute approximate surface area is 134 Å². The normalized spacial score (nSPS) is 19.9. The van der Waals surface area contributed by atoms with Gasteiger partial charge in [0.15, 0.2) is 5.76 Å². The van der Waals surface area contributed by atoms with Crippen LogP contribution in [0.5, 0.6) is 5.75 Å². The molecule has 0 saturated carbocycles. The monoisotopic (exact) mass is 310 g/mol. The van der Waals surface area contributed by atoms with Gasteiger partial charge in [0.1, 0.15) is 17.6 Å². The Morgan fingerprint density at radius 2 is 2.13 bits per heavy atom. The van der Waals surface area contributed by atoms with E-state index in [0.29, 0.717) is 11.6 Å². The van der Waals surface area contributed by atoms with E-state index >= 15 is 0 Å². The minimum absolute atomic E-state index is 0.0420. The molecule has 0 spiro atoms. The molecule has 6 nitrogen and oxygen atoms in total. The number of rotatable bonds is 2. The summed E-state index contributed by atoms with van der Waals surface area (Å²) in [5.74, 6) is 2.96. The van der Waals surface area contributed by atoms with Crippen LogP contribution in [-0.4, -0.2) is 26.7 Å². The van der Waals surface area contributed by atoms with E-state index < -0.39 is 0 Å². The summed E-state index contributed by atoms with van der Waals surface area (Å²) in [6, 6.07) is 6.12. The zero-order valence-electron chi connectivity index (χ0n) is 13.4. The number of allylic oxidation sites excluding steroid dienone is 1.